The van der Waals surface area contributed by atoms with E-state index in [9.17, 15) is 0 Å². The lowest BCUT2D eigenvalue weighted by molar-refractivity contribution is 1.05. The number of alkyl halides is 1. The zero-order valence-electron chi connectivity index (χ0n) is 7.58. The molecule has 78 valence electrons. The summed E-state index contributed by atoms with van der Waals surface area (Å²) in [5, 5.41) is 13.2. The van der Waals surface area contributed by atoms with E-state index in [0.717, 1.165) is 24.7 Å². The van der Waals surface area contributed by atoms with Crippen molar-refractivity contribution in [3.8, 4) is 0 Å². The van der Waals surface area contributed by atoms with Crippen molar-refractivity contribution >= 4 is 60.7 Å². The second-order valence-electron chi connectivity index (χ2n) is 2.77. The molecule has 1 N–H and O–H groups in total. The molecule has 0 aliphatic heterocycles. The molecule has 0 bridgehead atoms. The highest BCUT2D eigenvalue weighted by atomic mass is 127. The van der Waals surface area contributed by atoms with Crippen molar-refractivity contribution in [3.05, 3.63) is 33.7 Å². The molecule has 0 radical (unpaired) electrons. The molecular formula is C9H7BrIN3S. The molecule has 3 nitrogen and oxygen atoms in total. The van der Waals surface area contributed by atoms with Crippen molar-refractivity contribution in [1.29, 1.82) is 0 Å². The Morgan fingerprint density at radius 3 is 2.60 bits per heavy atom. The first-order valence-electron chi connectivity index (χ1n) is 4.19. The van der Waals surface area contributed by atoms with Crippen LogP contribution in [0.1, 0.15) is 5.01 Å². The molecular weight excluding hydrogens is 389 g/mol. The van der Waals surface area contributed by atoms with Crippen LogP contribution in [0, 0.1) is 0 Å². The van der Waals surface area contributed by atoms with Gasteiger partial charge in [0.05, 0.1) is 4.43 Å². The summed E-state index contributed by atoms with van der Waals surface area (Å²) in [7, 11) is 0. The third-order valence-electron chi connectivity index (χ3n) is 1.68. The van der Waals surface area contributed by atoms with Crippen molar-refractivity contribution in [1.82, 2.24) is 10.2 Å². The van der Waals surface area contributed by atoms with Gasteiger partial charge < -0.3 is 5.32 Å². The zero-order chi connectivity index (χ0) is 10.7. The molecule has 0 aliphatic carbocycles. The number of hydrogen-bond donors (Lipinski definition) is 1. The van der Waals surface area contributed by atoms with Gasteiger partial charge in [-0.3, -0.25) is 0 Å². The molecule has 1 aromatic heterocycles. The fourth-order valence-electron chi connectivity index (χ4n) is 1.01. The van der Waals surface area contributed by atoms with Crippen LogP contribution in [0.3, 0.4) is 0 Å². The summed E-state index contributed by atoms with van der Waals surface area (Å²) in [5.74, 6) is 0. The van der Waals surface area contributed by atoms with Crippen LogP contribution >= 0.6 is 49.9 Å². The minimum absolute atomic E-state index is 0.837. The highest BCUT2D eigenvalue weighted by Gasteiger charge is 2.02. The Hall–Kier alpha value is -0.210. The molecule has 15 heavy (non-hydrogen) atoms. The van der Waals surface area contributed by atoms with E-state index in [2.05, 4.69) is 54.0 Å². The number of benzene rings is 1. The Balaban J connectivity index is 2.11. The molecule has 0 saturated carbocycles. The number of anilines is 2. The van der Waals surface area contributed by atoms with E-state index in [-0.39, 0.29) is 0 Å². The van der Waals surface area contributed by atoms with Crippen molar-refractivity contribution < 1.29 is 0 Å². The number of aromatic nitrogens is 2. The van der Waals surface area contributed by atoms with Crippen LogP contribution in [0.15, 0.2) is 28.7 Å². The molecule has 0 spiro atoms. The molecule has 0 amide bonds. The predicted molar refractivity (Wildman–Crippen MR) is 75.1 cm³/mol. The van der Waals surface area contributed by atoms with E-state index in [1.807, 2.05) is 24.3 Å². The first kappa shape index (κ1) is 11.3. The highest BCUT2D eigenvalue weighted by Crippen LogP contribution is 2.23. The summed E-state index contributed by atoms with van der Waals surface area (Å²) in [6.45, 7) is 0. The first-order chi connectivity index (χ1) is 7.28. The van der Waals surface area contributed by atoms with Crippen LogP contribution in [-0.4, -0.2) is 10.2 Å². The number of nitrogens with one attached hydrogen (secondary N) is 1. The summed E-state index contributed by atoms with van der Waals surface area (Å²) in [6, 6.07) is 7.97. The van der Waals surface area contributed by atoms with E-state index in [0.29, 0.717) is 0 Å². The van der Waals surface area contributed by atoms with Gasteiger partial charge in [0.25, 0.3) is 0 Å². The highest BCUT2D eigenvalue weighted by molar-refractivity contribution is 14.1. The second kappa shape index (κ2) is 5.22. The van der Waals surface area contributed by atoms with Gasteiger partial charge in [-0.15, -0.1) is 10.2 Å². The van der Waals surface area contributed by atoms with Crippen LogP contribution in [0.4, 0.5) is 10.8 Å². The first-order valence-corrected chi connectivity index (χ1v) is 7.32. The number of halogens is 2. The molecule has 1 aromatic carbocycles. The van der Waals surface area contributed by atoms with Crippen LogP contribution in [0.5, 0.6) is 0 Å². The molecule has 2 rings (SSSR count). The SMILES string of the molecule is Brc1ccc(Nc2nnc(CI)s2)cc1. The van der Waals surface area contributed by atoms with Gasteiger partial charge in [-0.2, -0.15) is 0 Å². The van der Waals surface area contributed by atoms with Crippen molar-refractivity contribution in [2.75, 3.05) is 5.32 Å². The minimum atomic E-state index is 0.837. The van der Waals surface area contributed by atoms with E-state index in [1.165, 1.54) is 0 Å². The summed E-state index contributed by atoms with van der Waals surface area (Å²) in [6.07, 6.45) is 0. The van der Waals surface area contributed by atoms with Crippen LogP contribution in [0.25, 0.3) is 0 Å². The minimum Gasteiger partial charge on any atom is -0.330 e. The van der Waals surface area contributed by atoms with Gasteiger partial charge >= 0.3 is 0 Å². The monoisotopic (exact) mass is 395 g/mol. The fourth-order valence-corrected chi connectivity index (χ4v) is 2.51. The van der Waals surface area contributed by atoms with E-state index in [1.54, 1.807) is 11.3 Å². The zero-order valence-corrected chi connectivity index (χ0v) is 12.1. The lowest BCUT2D eigenvalue weighted by Gasteiger charge is -2.00. The summed E-state index contributed by atoms with van der Waals surface area (Å²) in [4.78, 5) is 0. The molecule has 6 heteroatoms. The molecule has 0 atom stereocenters. The maximum absolute atomic E-state index is 4.05. The molecule has 0 fully saturated rings. The van der Waals surface area contributed by atoms with E-state index in [4.69, 9.17) is 0 Å². The van der Waals surface area contributed by atoms with E-state index >= 15 is 0 Å². The van der Waals surface area contributed by atoms with Crippen molar-refractivity contribution in [2.24, 2.45) is 0 Å². The normalized spacial score (nSPS) is 10.3. The van der Waals surface area contributed by atoms with Crippen LogP contribution < -0.4 is 5.32 Å². The van der Waals surface area contributed by atoms with Gasteiger partial charge in [0, 0.05) is 10.2 Å². The van der Waals surface area contributed by atoms with Gasteiger partial charge in [-0.1, -0.05) is 49.9 Å². The maximum atomic E-state index is 4.05. The Bertz CT molecular complexity index is 443. The molecule has 0 saturated heterocycles. The lowest BCUT2D eigenvalue weighted by Crippen LogP contribution is -1.88. The standard InChI is InChI=1S/C9H7BrIN3S/c10-6-1-3-7(4-2-6)12-9-14-13-8(5-11)15-9/h1-4H,5H2,(H,12,14). The van der Waals surface area contributed by atoms with Crippen molar-refractivity contribution in [2.45, 2.75) is 4.43 Å². The van der Waals surface area contributed by atoms with Gasteiger partial charge in [-0.25, -0.2) is 0 Å². The van der Waals surface area contributed by atoms with Crippen LogP contribution in [0.2, 0.25) is 0 Å². The van der Waals surface area contributed by atoms with Crippen LogP contribution in [-0.2, 0) is 4.43 Å². The fraction of sp³-hybridized carbons (Fsp3) is 0.111. The summed E-state index contributed by atoms with van der Waals surface area (Å²) >= 11 is 7.25. The predicted octanol–water partition coefficient (Wildman–Crippen LogP) is 3.98. The average Bonchev–Trinajstić information content (AvgIpc) is 2.69. The summed E-state index contributed by atoms with van der Waals surface area (Å²) in [5.41, 5.74) is 1.02. The Morgan fingerprint density at radius 2 is 2.00 bits per heavy atom. The Kier molecular flexibility index (Phi) is 3.92. The molecule has 2 aromatic rings. The third-order valence-corrected chi connectivity index (χ3v) is 4.28. The smallest absolute Gasteiger partial charge is 0.210 e. The molecule has 0 aliphatic rings. The Labute approximate surface area is 114 Å². The van der Waals surface area contributed by atoms with Crippen molar-refractivity contribution in [3.63, 3.8) is 0 Å². The van der Waals surface area contributed by atoms with Gasteiger partial charge in [0.2, 0.25) is 5.13 Å². The van der Waals surface area contributed by atoms with Gasteiger partial charge in [-0.05, 0) is 24.3 Å². The molecule has 1 heterocycles. The Morgan fingerprint density at radius 1 is 1.27 bits per heavy atom. The lowest BCUT2D eigenvalue weighted by atomic mass is 10.3. The average molecular weight is 396 g/mol. The quantitative estimate of drug-likeness (QED) is 0.630. The maximum Gasteiger partial charge on any atom is 0.210 e. The summed E-state index contributed by atoms with van der Waals surface area (Å²) < 4.78 is 1.97. The van der Waals surface area contributed by atoms with Gasteiger partial charge in [0.15, 0.2) is 0 Å². The topological polar surface area (TPSA) is 37.8 Å². The number of hydrogen-bond acceptors (Lipinski definition) is 4. The largest absolute Gasteiger partial charge is 0.330 e. The number of nitrogens with zero attached hydrogens (tertiary/aromatic N) is 2. The third kappa shape index (κ3) is 3.12. The molecule has 0 unspecified atom stereocenters. The number of rotatable bonds is 3. The van der Waals surface area contributed by atoms with Gasteiger partial charge in [0.1, 0.15) is 5.01 Å². The van der Waals surface area contributed by atoms with E-state index < -0.39 is 0 Å². The second-order valence-corrected chi connectivity index (χ2v) is 5.51.